The molecule has 0 aromatic heterocycles. The average Bonchev–Trinajstić information content (AvgIpc) is 3.22. The molecule has 0 aliphatic rings. The quantitative estimate of drug-likeness (QED) is 0.0364. The Kier molecular flexibility index (Phi) is 47.0. The Morgan fingerprint density at radius 3 is 1.02 bits per heavy atom. The first-order valence-corrected chi connectivity index (χ1v) is 26.0. The number of aliphatic hydroxyl groups excluding tert-OH is 3. The van der Waals surface area contributed by atoms with Crippen LogP contribution in [0.3, 0.4) is 0 Å². The number of hydrogen-bond acceptors (Lipinski definition) is 4. The maximum absolute atomic E-state index is 12.5. The molecule has 57 heavy (non-hydrogen) atoms. The number of nitrogens with one attached hydrogen (secondary N) is 1. The maximum Gasteiger partial charge on any atom is 0.220 e. The van der Waals surface area contributed by atoms with Crippen LogP contribution < -0.4 is 5.32 Å². The van der Waals surface area contributed by atoms with Crippen molar-refractivity contribution >= 4 is 5.91 Å². The summed E-state index contributed by atoms with van der Waals surface area (Å²) in [6, 6.07) is -0.822. The third-order valence-electron chi connectivity index (χ3n) is 12.4. The topological polar surface area (TPSA) is 89.8 Å². The summed E-state index contributed by atoms with van der Waals surface area (Å²) in [6.45, 7) is 4.20. The van der Waals surface area contributed by atoms with Crippen molar-refractivity contribution in [3.63, 3.8) is 0 Å². The van der Waals surface area contributed by atoms with E-state index in [1.54, 1.807) is 0 Å². The third kappa shape index (κ3) is 43.0. The van der Waals surface area contributed by atoms with E-state index in [4.69, 9.17) is 0 Å². The molecule has 5 nitrogen and oxygen atoms in total. The van der Waals surface area contributed by atoms with Crippen molar-refractivity contribution in [2.24, 2.45) is 0 Å². The van der Waals surface area contributed by atoms with Crippen molar-refractivity contribution in [2.45, 2.75) is 308 Å². The van der Waals surface area contributed by atoms with Crippen LogP contribution in [0.5, 0.6) is 0 Å². The van der Waals surface area contributed by atoms with Gasteiger partial charge in [0.1, 0.15) is 6.10 Å². The van der Waals surface area contributed by atoms with Crippen LogP contribution in [0.4, 0.5) is 0 Å². The Balaban J connectivity index is 3.57. The van der Waals surface area contributed by atoms with Crippen LogP contribution in [0.25, 0.3) is 0 Å². The highest BCUT2D eigenvalue weighted by Gasteiger charge is 2.26. The van der Waals surface area contributed by atoms with Crippen molar-refractivity contribution in [2.75, 3.05) is 6.61 Å². The second kappa shape index (κ2) is 47.8. The molecule has 0 saturated carbocycles. The maximum atomic E-state index is 12.5. The number of carbonyl (C=O) groups excluding carboxylic acids is 1. The Hall–Kier alpha value is -0.910. The van der Waals surface area contributed by atoms with Gasteiger partial charge >= 0.3 is 0 Å². The predicted molar refractivity (Wildman–Crippen MR) is 250 cm³/mol. The van der Waals surface area contributed by atoms with E-state index >= 15 is 0 Å². The van der Waals surface area contributed by atoms with Gasteiger partial charge in [-0.15, -0.1) is 0 Å². The number of allylic oxidation sites excluding steroid dienone is 2. The van der Waals surface area contributed by atoms with Gasteiger partial charge in [0.2, 0.25) is 5.91 Å². The van der Waals surface area contributed by atoms with Gasteiger partial charge in [-0.1, -0.05) is 257 Å². The van der Waals surface area contributed by atoms with E-state index in [2.05, 4.69) is 31.3 Å². The van der Waals surface area contributed by atoms with E-state index in [0.717, 1.165) is 38.5 Å². The summed E-state index contributed by atoms with van der Waals surface area (Å²) in [5, 5.41) is 33.7. The molecule has 0 fully saturated rings. The summed E-state index contributed by atoms with van der Waals surface area (Å²) in [5.74, 6) is -0.148. The molecule has 0 radical (unpaired) electrons. The molecule has 0 heterocycles. The molecule has 340 valence electrons. The van der Waals surface area contributed by atoms with Gasteiger partial charge in [0.25, 0.3) is 0 Å². The van der Waals surface area contributed by atoms with Gasteiger partial charge in [-0.2, -0.15) is 0 Å². The van der Waals surface area contributed by atoms with Crippen LogP contribution in [0.1, 0.15) is 290 Å². The predicted octanol–water partition coefficient (Wildman–Crippen LogP) is 15.6. The fourth-order valence-corrected chi connectivity index (χ4v) is 8.34. The molecule has 5 heteroatoms. The molecule has 0 rings (SSSR count). The van der Waals surface area contributed by atoms with Gasteiger partial charge < -0.3 is 20.6 Å². The van der Waals surface area contributed by atoms with Gasteiger partial charge in [-0.05, 0) is 38.5 Å². The van der Waals surface area contributed by atoms with Gasteiger partial charge in [0.05, 0.1) is 18.8 Å². The van der Waals surface area contributed by atoms with Crippen molar-refractivity contribution in [1.82, 2.24) is 5.32 Å². The van der Waals surface area contributed by atoms with Crippen molar-refractivity contribution in [3.05, 3.63) is 12.2 Å². The normalized spacial score (nSPS) is 13.4. The molecule has 0 bridgehead atoms. The second-order valence-corrected chi connectivity index (χ2v) is 18.1. The van der Waals surface area contributed by atoms with Gasteiger partial charge in [0, 0.05) is 6.42 Å². The lowest BCUT2D eigenvalue weighted by Crippen LogP contribution is -2.50. The Bertz CT molecular complexity index is 803. The minimum atomic E-state index is -1.16. The lowest BCUT2D eigenvalue weighted by Gasteiger charge is -2.26. The number of amides is 1. The number of rotatable bonds is 48. The summed E-state index contributed by atoms with van der Waals surface area (Å²) < 4.78 is 0. The van der Waals surface area contributed by atoms with E-state index in [-0.39, 0.29) is 12.5 Å². The highest BCUT2D eigenvalue weighted by molar-refractivity contribution is 5.76. The molecule has 0 aliphatic carbocycles. The zero-order valence-corrected chi connectivity index (χ0v) is 38.7. The van der Waals surface area contributed by atoms with E-state index in [1.165, 1.54) is 225 Å². The molecule has 3 unspecified atom stereocenters. The highest BCUT2D eigenvalue weighted by atomic mass is 16.3. The van der Waals surface area contributed by atoms with Gasteiger partial charge in [0.15, 0.2) is 0 Å². The van der Waals surface area contributed by atoms with Crippen LogP contribution in [-0.2, 0) is 4.79 Å². The van der Waals surface area contributed by atoms with Crippen LogP contribution in [-0.4, -0.2) is 46.1 Å². The lowest BCUT2D eigenvalue weighted by molar-refractivity contribution is -0.124. The summed E-state index contributed by atoms with van der Waals surface area (Å²) in [7, 11) is 0. The first-order chi connectivity index (χ1) is 28.1. The summed E-state index contributed by atoms with van der Waals surface area (Å²) in [6.07, 6.45) is 57.8. The van der Waals surface area contributed by atoms with E-state index in [9.17, 15) is 20.1 Å². The summed E-state index contributed by atoms with van der Waals surface area (Å²) in [4.78, 5) is 12.5. The van der Waals surface area contributed by atoms with Gasteiger partial charge in [-0.3, -0.25) is 4.79 Å². The van der Waals surface area contributed by atoms with E-state index < -0.39 is 18.2 Å². The lowest BCUT2D eigenvalue weighted by atomic mass is 10.0. The fraction of sp³-hybridized carbons (Fsp3) is 0.942. The first-order valence-electron chi connectivity index (χ1n) is 26.0. The van der Waals surface area contributed by atoms with Crippen molar-refractivity contribution in [3.8, 4) is 0 Å². The Morgan fingerprint density at radius 1 is 0.421 bits per heavy atom. The average molecular weight is 806 g/mol. The van der Waals surface area contributed by atoms with Crippen LogP contribution in [0.2, 0.25) is 0 Å². The van der Waals surface area contributed by atoms with E-state index in [1.807, 2.05) is 0 Å². The zero-order valence-electron chi connectivity index (χ0n) is 38.7. The number of unbranched alkanes of at least 4 members (excludes halogenated alkanes) is 38. The SMILES string of the molecule is CCCCCCCCCCCCCCCCCCCC/C=C/CCCC(O)C(O)C(CO)NC(=O)CCCCCCCCCCCCCCCCCCCCCC. The second-order valence-electron chi connectivity index (χ2n) is 18.1. The smallest absolute Gasteiger partial charge is 0.220 e. The Morgan fingerprint density at radius 2 is 0.702 bits per heavy atom. The van der Waals surface area contributed by atoms with Crippen molar-refractivity contribution < 1.29 is 20.1 Å². The Labute approximate surface area is 357 Å². The molecule has 1 amide bonds. The zero-order chi connectivity index (χ0) is 41.5. The molecule has 3 atom stereocenters. The number of hydrogen-bond donors (Lipinski definition) is 4. The third-order valence-corrected chi connectivity index (χ3v) is 12.4. The fourth-order valence-electron chi connectivity index (χ4n) is 8.34. The van der Waals surface area contributed by atoms with Crippen LogP contribution in [0.15, 0.2) is 12.2 Å². The standard InChI is InChI=1S/C52H103NO4/c1-3-5-7-9-11-13-15-17-19-21-23-25-26-27-28-30-32-34-36-38-40-42-44-46-50(55)52(57)49(48-54)53-51(56)47-45-43-41-39-37-35-33-31-29-24-22-20-18-16-14-12-10-8-6-4-2/h38,40,49-50,52,54-55,57H,3-37,39,41-48H2,1-2H3,(H,53,56)/b40-38+. The molecular formula is C52H103NO4. The summed E-state index contributed by atoms with van der Waals surface area (Å²) >= 11 is 0. The first kappa shape index (κ1) is 56.1. The minimum absolute atomic E-state index is 0.148. The van der Waals surface area contributed by atoms with E-state index in [0.29, 0.717) is 12.8 Å². The number of carbonyl (C=O) groups is 1. The number of aliphatic hydroxyl groups is 3. The molecule has 0 spiro atoms. The molecule has 0 aromatic carbocycles. The van der Waals surface area contributed by atoms with Crippen LogP contribution in [0, 0.1) is 0 Å². The van der Waals surface area contributed by atoms with Gasteiger partial charge in [-0.25, -0.2) is 0 Å². The summed E-state index contributed by atoms with van der Waals surface area (Å²) in [5.41, 5.74) is 0. The molecular weight excluding hydrogens is 703 g/mol. The molecule has 4 N–H and O–H groups in total. The van der Waals surface area contributed by atoms with Crippen molar-refractivity contribution in [1.29, 1.82) is 0 Å². The largest absolute Gasteiger partial charge is 0.394 e. The van der Waals surface area contributed by atoms with Crippen LogP contribution >= 0.6 is 0 Å². The monoisotopic (exact) mass is 806 g/mol. The molecule has 0 saturated heterocycles. The highest BCUT2D eigenvalue weighted by Crippen LogP contribution is 2.17. The molecule has 0 aromatic rings. The minimum Gasteiger partial charge on any atom is -0.394 e. The molecule has 0 aliphatic heterocycles.